The molecule has 0 fully saturated rings. The molecule has 0 bridgehead atoms. The number of fused-ring (bicyclic) bond motifs is 4. The number of methoxy groups -OCH3 is 2. The predicted molar refractivity (Wildman–Crippen MR) is 147 cm³/mol. The average Bonchev–Trinajstić information content (AvgIpc) is 3.52. The molecule has 6 rings (SSSR count). The lowest BCUT2D eigenvalue weighted by atomic mass is 9.99. The molecular formula is C28H27N3O4S2. The Hall–Kier alpha value is -3.30. The summed E-state index contributed by atoms with van der Waals surface area (Å²) in [4.78, 5) is 35.9. The van der Waals surface area contributed by atoms with Crippen LogP contribution in [0.15, 0.2) is 52.4 Å². The Morgan fingerprint density at radius 2 is 1.81 bits per heavy atom. The number of thioether (sulfide) groups is 1. The summed E-state index contributed by atoms with van der Waals surface area (Å²) in [6.45, 7) is 1.15. The number of carbonyl (C=O) groups excluding carboxylic acids is 1. The smallest absolute Gasteiger partial charge is 0.267 e. The lowest BCUT2D eigenvalue weighted by Crippen LogP contribution is -2.37. The molecule has 0 atom stereocenters. The summed E-state index contributed by atoms with van der Waals surface area (Å²) in [6.07, 6.45) is 3.78. The largest absolute Gasteiger partial charge is 0.493 e. The van der Waals surface area contributed by atoms with Crippen molar-refractivity contribution in [2.75, 3.05) is 26.5 Å². The number of aromatic nitrogens is 2. The van der Waals surface area contributed by atoms with Gasteiger partial charge in [0.05, 0.1) is 31.0 Å². The fourth-order valence-corrected chi connectivity index (χ4v) is 7.46. The fourth-order valence-electron chi connectivity index (χ4n) is 5.24. The van der Waals surface area contributed by atoms with Gasteiger partial charge in [-0.2, -0.15) is 0 Å². The first-order valence-corrected chi connectivity index (χ1v) is 14.1. The van der Waals surface area contributed by atoms with Gasteiger partial charge in [-0.15, -0.1) is 11.3 Å². The molecule has 1 aliphatic carbocycles. The van der Waals surface area contributed by atoms with Crippen LogP contribution >= 0.6 is 23.1 Å². The maximum Gasteiger partial charge on any atom is 0.267 e. The van der Waals surface area contributed by atoms with E-state index in [4.69, 9.17) is 14.5 Å². The third kappa shape index (κ3) is 4.30. The zero-order valence-corrected chi connectivity index (χ0v) is 22.4. The zero-order valence-electron chi connectivity index (χ0n) is 20.8. The quantitative estimate of drug-likeness (QED) is 0.266. The van der Waals surface area contributed by atoms with Gasteiger partial charge in [0.2, 0.25) is 5.91 Å². The Morgan fingerprint density at radius 1 is 1.05 bits per heavy atom. The van der Waals surface area contributed by atoms with Crippen molar-refractivity contribution in [3.8, 4) is 17.2 Å². The van der Waals surface area contributed by atoms with Gasteiger partial charge in [0.15, 0.2) is 16.7 Å². The molecule has 0 saturated carbocycles. The third-order valence-corrected chi connectivity index (χ3v) is 9.23. The fraction of sp³-hybridized carbons (Fsp3) is 0.321. The molecule has 1 aliphatic heterocycles. The summed E-state index contributed by atoms with van der Waals surface area (Å²) >= 11 is 2.96. The number of amides is 1. The molecule has 0 spiro atoms. The molecule has 0 N–H and O–H groups in total. The molecule has 2 aliphatic rings. The minimum Gasteiger partial charge on any atom is -0.493 e. The number of thiophene rings is 1. The molecule has 9 heteroatoms. The van der Waals surface area contributed by atoms with E-state index in [-0.39, 0.29) is 17.2 Å². The van der Waals surface area contributed by atoms with Crippen molar-refractivity contribution < 1.29 is 14.3 Å². The van der Waals surface area contributed by atoms with Gasteiger partial charge in [0, 0.05) is 18.0 Å². The number of carbonyl (C=O) groups is 1. The monoisotopic (exact) mass is 533 g/mol. The first kappa shape index (κ1) is 24.1. The summed E-state index contributed by atoms with van der Waals surface area (Å²) < 4.78 is 12.6. The summed E-state index contributed by atoms with van der Waals surface area (Å²) in [7, 11) is 3.25. The Balaban J connectivity index is 1.28. The van der Waals surface area contributed by atoms with Gasteiger partial charge >= 0.3 is 0 Å². The molecular weight excluding hydrogens is 506 g/mol. The van der Waals surface area contributed by atoms with Gasteiger partial charge in [-0.05, 0) is 66.6 Å². The predicted octanol–water partition coefficient (Wildman–Crippen LogP) is 4.63. The van der Waals surface area contributed by atoms with Crippen LogP contribution in [0.2, 0.25) is 0 Å². The summed E-state index contributed by atoms with van der Waals surface area (Å²) in [5, 5.41) is 1.30. The van der Waals surface area contributed by atoms with Gasteiger partial charge in [-0.1, -0.05) is 30.0 Å². The SMILES string of the molecule is COc1cc2c(cc1OC)CN(C(=O)CSc1nc3sc4c(c3c(=O)n1-c1ccccc1)CCC4)CC2. The topological polar surface area (TPSA) is 73.7 Å². The number of ether oxygens (including phenoxy) is 2. The molecule has 0 unspecified atom stereocenters. The van der Waals surface area contributed by atoms with E-state index in [0.29, 0.717) is 29.7 Å². The van der Waals surface area contributed by atoms with E-state index in [2.05, 4.69) is 0 Å². The number of hydrogen-bond donors (Lipinski definition) is 0. The molecule has 37 heavy (non-hydrogen) atoms. The standard InChI is InChI=1S/C28H27N3O4S2/c1-34-21-13-17-11-12-30(15-18(17)14-22(21)35-2)24(32)16-36-28-29-26-25(20-9-6-10-23(20)37-26)27(33)31(28)19-7-4-3-5-8-19/h3-5,7-8,13-14H,6,9-12,15-16H2,1-2H3. The van der Waals surface area contributed by atoms with Gasteiger partial charge in [0.1, 0.15) is 4.83 Å². The molecule has 1 amide bonds. The molecule has 0 radical (unpaired) electrons. The molecule has 2 aromatic heterocycles. The number of para-hydroxylation sites is 1. The van der Waals surface area contributed by atoms with E-state index < -0.39 is 0 Å². The molecule has 190 valence electrons. The van der Waals surface area contributed by atoms with Crippen molar-refractivity contribution in [3.05, 3.63) is 74.4 Å². The Bertz CT molecular complexity index is 1560. The highest BCUT2D eigenvalue weighted by molar-refractivity contribution is 7.99. The minimum absolute atomic E-state index is 0.0214. The van der Waals surface area contributed by atoms with Crippen molar-refractivity contribution in [1.82, 2.24) is 14.5 Å². The summed E-state index contributed by atoms with van der Waals surface area (Å²) in [6, 6.07) is 13.5. The third-order valence-electron chi connectivity index (χ3n) is 7.12. The number of benzene rings is 2. The van der Waals surface area contributed by atoms with E-state index in [9.17, 15) is 9.59 Å². The van der Waals surface area contributed by atoms with Crippen molar-refractivity contribution in [2.24, 2.45) is 0 Å². The number of rotatable bonds is 6. The van der Waals surface area contributed by atoms with E-state index in [0.717, 1.165) is 52.7 Å². The van der Waals surface area contributed by atoms with Gasteiger partial charge in [-0.3, -0.25) is 14.2 Å². The van der Waals surface area contributed by atoms with E-state index in [1.165, 1.54) is 22.2 Å². The highest BCUT2D eigenvalue weighted by atomic mass is 32.2. The lowest BCUT2D eigenvalue weighted by molar-refractivity contribution is -0.129. The highest BCUT2D eigenvalue weighted by Crippen LogP contribution is 2.37. The van der Waals surface area contributed by atoms with Gasteiger partial charge in [0.25, 0.3) is 5.56 Å². The highest BCUT2D eigenvalue weighted by Gasteiger charge is 2.26. The molecule has 2 aromatic carbocycles. The van der Waals surface area contributed by atoms with Gasteiger partial charge in [-0.25, -0.2) is 4.98 Å². The molecule has 7 nitrogen and oxygen atoms in total. The second-order valence-corrected chi connectivity index (χ2v) is 11.3. The second-order valence-electron chi connectivity index (χ2n) is 9.24. The summed E-state index contributed by atoms with van der Waals surface area (Å²) in [5.74, 6) is 1.60. The van der Waals surface area contributed by atoms with Crippen LogP contribution in [-0.2, 0) is 30.6 Å². The lowest BCUT2D eigenvalue weighted by Gasteiger charge is -2.29. The maximum atomic E-state index is 13.8. The van der Waals surface area contributed by atoms with Crippen LogP contribution in [-0.4, -0.2) is 46.9 Å². The van der Waals surface area contributed by atoms with Crippen LogP contribution in [0.3, 0.4) is 0 Å². The first-order valence-electron chi connectivity index (χ1n) is 12.3. The zero-order chi connectivity index (χ0) is 25.5. The minimum atomic E-state index is -0.0431. The Kier molecular flexibility index (Phi) is 6.42. The van der Waals surface area contributed by atoms with Crippen LogP contribution in [0, 0.1) is 0 Å². The van der Waals surface area contributed by atoms with Crippen LogP contribution < -0.4 is 15.0 Å². The first-order chi connectivity index (χ1) is 18.1. The number of nitrogens with zero attached hydrogens (tertiary/aromatic N) is 3. The Morgan fingerprint density at radius 3 is 2.57 bits per heavy atom. The second kappa shape index (κ2) is 9.87. The van der Waals surface area contributed by atoms with Crippen molar-refractivity contribution >= 4 is 39.2 Å². The normalized spacial score (nSPS) is 14.5. The maximum absolute atomic E-state index is 13.8. The van der Waals surface area contributed by atoms with E-state index in [1.807, 2.05) is 47.4 Å². The van der Waals surface area contributed by atoms with Crippen LogP contribution in [0.4, 0.5) is 0 Å². The Labute approximate surface area is 223 Å². The van der Waals surface area contributed by atoms with Crippen LogP contribution in [0.1, 0.15) is 28.0 Å². The van der Waals surface area contributed by atoms with Crippen molar-refractivity contribution in [2.45, 2.75) is 37.4 Å². The van der Waals surface area contributed by atoms with Gasteiger partial charge < -0.3 is 14.4 Å². The average molecular weight is 534 g/mol. The van der Waals surface area contributed by atoms with Crippen molar-refractivity contribution in [1.29, 1.82) is 0 Å². The summed E-state index contributed by atoms with van der Waals surface area (Å²) in [5.41, 5.74) is 4.12. The van der Waals surface area contributed by atoms with Crippen LogP contribution in [0.25, 0.3) is 15.9 Å². The van der Waals surface area contributed by atoms with Crippen LogP contribution in [0.5, 0.6) is 11.5 Å². The van der Waals surface area contributed by atoms with Crippen molar-refractivity contribution in [3.63, 3.8) is 0 Å². The number of hydrogen-bond acceptors (Lipinski definition) is 7. The molecule has 3 heterocycles. The van der Waals surface area contributed by atoms with E-state index >= 15 is 0 Å². The number of aryl methyl sites for hydroxylation is 2. The molecule has 0 saturated heterocycles. The molecule has 4 aromatic rings. The van der Waals surface area contributed by atoms with E-state index in [1.54, 1.807) is 30.1 Å².